The van der Waals surface area contributed by atoms with Gasteiger partial charge in [-0.2, -0.15) is 13.2 Å². The highest BCUT2D eigenvalue weighted by atomic mass is 32.1. The number of aliphatic hydroxyl groups excluding tert-OH is 1. The first-order chi connectivity index (χ1) is 15.5. The molecular formula is C21H20F3N5O3S. The van der Waals surface area contributed by atoms with Crippen molar-refractivity contribution in [2.75, 3.05) is 11.9 Å². The molecule has 2 unspecified atom stereocenters. The maximum atomic E-state index is 12.9. The third-order valence-corrected chi connectivity index (χ3v) is 6.41. The molecule has 4 rings (SSSR count). The van der Waals surface area contributed by atoms with Crippen molar-refractivity contribution in [2.45, 2.75) is 37.6 Å². The van der Waals surface area contributed by atoms with Crippen LogP contribution < -0.4 is 10.6 Å². The minimum atomic E-state index is -4.58. The van der Waals surface area contributed by atoms with Gasteiger partial charge < -0.3 is 20.8 Å². The molecule has 0 spiro atoms. The largest absolute Gasteiger partial charge is 0.433 e. The Kier molecular flexibility index (Phi) is 6.08. The molecule has 4 N–H and O–H groups in total. The number of thiazole rings is 1. The quantitative estimate of drug-likeness (QED) is 0.454. The number of hydrogen-bond donors (Lipinski definition) is 4. The van der Waals surface area contributed by atoms with Crippen LogP contribution in [0.4, 0.5) is 24.8 Å². The lowest BCUT2D eigenvalue weighted by molar-refractivity contribution is -0.141. The second kappa shape index (κ2) is 8.69. The SMILES string of the molecule is Cc1cc(Nc2nccc(C(F)(F)F)n2)cc(-c2cnc(C3(O)CCNC(=O)CC3O)s2)c1. The summed E-state index contributed by atoms with van der Waals surface area (Å²) in [5, 5.41) is 27.1. The van der Waals surface area contributed by atoms with E-state index in [2.05, 4.69) is 25.6 Å². The number of nitrogens with one attached hydrogen (secondary N) is 2. The zero-order valence-electron chi connectivity index (χ0n) is 17.3. The van der Waals surface area contributed by atoms with Crippen molar-refractivity contribution >= 4 is 28.9 Å². The highest BCUT2D eigenvalue weighted by molar-refractivity contribution is 7.15. The lowest BCUT2D eigenvalue weighted by Crippen LogP contribution is -2.39. The second-order valence-corrected chi connectivity index (χ2v) is 8.78. The number of aryl methyl sites for hydroxylation is 1. The molecule has 1 aromatic carbocycles. The number of alkyl halides is 3. The Morgan fingerprint density at radius 2 is 2.06 bits per heavy atom. The van der Waals surface area contributed by atoms with Gasteiger partial charge in [-0.05, 0) is 36.2 Å². The van der Waals surface area contributed by atoms with Gasteiger partial charge in [0.15, 0.2) is 0 Å². The van der Waals surface area contributed by atoms with Crippen molar-refractivity contribution in [3.63, 3.8) is 0 Å². The fraction of sp³-hybridized carbons (Fsp3) is 0.333. The summed E-state index contributed by atoms with van der Waals surface area (Å²) in [6.45, 7) is 2.03. The monoisotopic (exact) mass is 479 g/mol. The highest BCUT2D eigenvalue weighted by Gasteiger charge is 2.43. The first-order valence-electron chi connectivity index (χ1n) is 9.97. The molecule has 1 fully saturated rings. The number of nitrogens with zero attached hydrogens (tertiary/aromatic N) is 3. The van der Waals surface area contributed by atoms with E-state index in [4.69, 9.17) is 0 Å². The van der Waals surface area contributed by atoms with Crippen LogP contribution in [0, 0.1) is 6.92 Å². The molecule has 1 saturated heterocycles. The first kappa shape index (κ1) is 23.1. The number of benzene rings is 1. The summed E-state index contributed by atoms with van der Waals surface area (Å²) in [4.78, 5) is 24.0. The van der Waals surface area contributed by atoms with Crippen LogP contribution in [0.2, 0.25) is 0 Å². The zero-order chi connectivity index (χ0) is 23.8. The number of carbonyl (C=O) groups is 1. The average molecular weight is 479 g/mol. The maximum absolute atomic E-state index is 12.9. The van der Waals surface area contributed by atoms with Crippen molar-refractivity contribution in [3.05, 3.63) is 52.9 Å². The van der Waals surface area contributed by atoms with Crippen LogP contribution in [-0.2, 0) is 16.6 Å². The van der Waals surface area contributed by atoms with E-state index in [9.17, 15) is 28.2 Å². The standard InChI is InChI=1S/C21H20F3N5O3S/c1-11-6-12(8-13(7-11)28-19-26-4-2-15(29-19)21(22,23)24)14-10-27-18(33-14)20(32)3-5-25-17(31)9-16(20)30/h2,4,6-8,10,16,30,32H,3,5,9H2,1H3,(H,25,31)(H,26,28,29). The molecule has 1 aliphatic heterocycles. The van der Waals surface area contributed by atoms with Gasteiger partial charge in [0.1, 0.15) is 16.3 Å². The zero-order valence-corrected chi connectivity index (χ0v) is 18.2. The van der Waals surface area contributed by atoms with E-state index in [1.54, 1.807) is 18.3 Å². The van der Waals surface area contributed by atoms with Gasteiger partial charge in [-0.15, -0.1) is 11.3 Å². The summed E-state index contributed by atoms with van der Waals surface area (Å²) in [5.41, 5.74) is -0.724. The fourth-order valence-electron chi connectivity index (χ4n) is 3.54. The lowest BCUT2D eigenvalue weighted by atomic mass is 9.92. The van der Waals surface area contributed by atoms with Crippen molar-refractivity contribution < 1.29 is 28.2 Å². The number of halogens is 3. The second-order valence-electron chi connectivity index (χ2n) is 7.75. The van der Waals surface area contributed by atoms with E-state index >= 15 is 0 Å². The Bertz CT molecular complexity index is 1190. The van der Waals surface area contributed by atoms with Crippen LogP contribution in [0.3, 0.4) is 0 Å². The molecule has 1 amide bonds. The van der Waals surface area contributed by atoms with Gasteiger partial charge in [-0.3, -0.25) is 4.79 Å². The van der Waals surface area contributed by atoms with Crippen LogP contribution in [0.15, 0.2) is 36.7 Å². The van der Waals surface area contributed by atoms with Crippen molar-refractivity contribution in [1.82, 2.24) is 20.3 Å². The number of aromatic nitrogens is 3. The molecule has 33 heavy (non-hydrogen) atoms. The summed E-state index contributed by atoms with van der Waals surface area (Å²) in [6.07, 6.45) is -3.43. The van der Waals surface area contributed by atoms with Crippen LogP contribution >= 0.6 is 11.3 Å². The molecule has 3 aromatic rings. The predicted octanol–water partition coefficient (Wildman–Crippen LogP) is 3.13. The summed E-state index contributed by atoms with van der Waals surface area (Å²) >= 11 is 1.17. The number of carbonyl (C=O) groups excluding carboxylic acids is 1. The highest BCUT2D eigenvalue weighted by Crippen LogP contribution is 2.38. The van der Waals surface area contributed by atoms with Crippen molar-refractivity contribution in [1.29, 1.82) is 0 Å². The van der Waals surface area contributed by atoms with Gasteiger partial charge in [-0.1, -0.05) is 6.07 Å². The summed E-state index contributed by atoms with van der Waals surface area (Å²) in [6, 6.07) is 6.08. The molecular weight excluding hydrogens is 459 g/mol. The van der Waals surface area contributed by atoms with E-state index in [1.165, 1.54) is 11.3 Å². The fourth-order valence-corrected chi connectivity index (χ4v) is 4.61. The maximum Gasteiger partial charge on any atom is 0.433 e. The van der Waals surface area contributed by atoms with Crippen LogP contribution in [0.5, 0.6) is 0 Å². The van der Waals surface area contributed by atoms with E-state index in [-0.39, 0.29) is 36.2 Å². The molecule has 0 aliphatic carbocycles. The van der Waals surface area contributed by atoms with Crippen molar-refractivity contribution in [3.8, 4) is 10.4 Å². The van der Waals surface area contributed by atoms with Gasteiger partial charge in [0.05, 0.1) is 17.4 Å². The molecule has 0 saturated carbocycles. The Morgan fingerprint density at radius 3 is 2.82 bits per heavy atom. The minimum absolute atomic E-state index is 0.111. The Hall–Kier alpha value is -3.09. The van der Waals surface area contributed by atoms with E-state index in [0.717, 1.165) is 17.8 Å². The Balaban J connectivity index is 1.62. The minimum Gasteiger partial charge on any atom is -0.389 e. The third kappa shape index (κ3) is 4.97. The van der Waals surface area contributed by atoms with E-state index in [1.807, 2.05) is 13.0 Å². The van der Waals surface area contributed by atoms with Crippen LogP contribution in [0.25, 0.3) is 10.4 Å². The Morgan fingerprint density at radius 1 is 1.27 bits per heavy atom. The molecule has 0 bridgehead atoms. The van der Waals surface area contributed by atoms with Gasteiger partial charge in [0, 0.05) is 31.0 Å². The number of rotatable bonds is 4. The number of anilines is 2. The first-order valence-corrected chi connectivity index (χ1v) is 10.8. The molecule has 3 heterocycles. The van der Waals surface area contributed by atoms with E-state index in [0.29, 0.717) is 16.1 Å². The third-order valence-electron chi connectivity index (χ3n) is 5.20. The Labute approximate surface area is 190 Å². The number of aliphatic hydroxyl groups is 2. The normalized spacial score (nSPS) is 21.4. The van der Waals surface area contributed by atoms with Crippen molar-refractivity contribution in [2.24, 2.45) is 0 Å². The molecule has 8 nitrogen and oxygen atoms in total. The summed E-state index contributed by atoms with van der Waals surface area (Å²) in [5.74, 6) is -0.541. The summed E-state index contributed by atoms with van der Waals surface area (Å²) in [7, 11) is 0. The van der Waals surface area contributed by atoms with Gasteiger partial charge in [-0.25, -0.2) is 15.0 Å². The molecule has 0 radical (unpaired) electrons. The summed E-state index contributed by atoms with van der Waals surface area (Å²) < 4.78 is 38.8. The smallest absolute Gasteiger partial charge is 0.389 e. The lowest BCUT2D eigenvalue weighted by Gasteiger charge is -2.28. The number of hydrogen-bond acceptors (Lipinski definition) is 8. The van der Waals surface area contributed by atoms with Gasteiger partial charge in [0.25, 0.3) is 0 Å². The molecule has 2 aromatic heterocycles. The topological polar surface area (TPSA) is 120 Å². The van der Waals surface area contributed by atoms with Crippen LogP contribution in [-0.4, -0.2) is 43.7 Å². The molecule has 2 atom stereocenters. The average Bonchev–Trinajstić information content (AvgIpc) is 3.19. The van der Waals surface area contributed by atoms with Gasteiger partial charge >= 0.3 is 6.18 Å². The van der Waals surface area contributed by atoms with E-state index < -0.39 is 23.6 Å². The number of amides is 1. The predicted molar refractivity (Wildman–Crippen MR) is 115 cm³/mol. The van der Waals surface area contributed by atoms with Crippen LogP contribution in [0.1, 0.15) is 29.1 Å². The molecule has 12 heteroatoms. The van der Waals surface area contributed by atoms with Gasteiger partial charge in [0.2, 0.25) is 11.9 Å². The molecule has 1 aliphatic rings. The molecule has 174 valence electrons.